The first kappa shape index (κ1) is 35.5. The highest BCUT2D eigenvalue weighted by Crippen LogP contribution is 2.61. The third kappa shape index (κ3) is 5.19. The summed E-state index contributed by atoms with van der Waals surface area (Å²) in [6.45, 7) is 0. The first-order chi connectivity index (χ1) is 31.3. The summed E-state index contributed by atoms with van der Waals surface area (Å²) >= 11 is 0. The fourth-order valence-corrected chi connectivity index (χ4v) is 11.0. The van der Waals surface area contributed by atoms with Crippen molar-refractivity contribution in [2.75, 3.05) is 4.90 Å². The number of hydrogen-bond donors (Lipinski definition) is 0. The molecule has 0 fully saturated rings. The van der Waals surface area contributed by atoms with E-state index in [1.807, 2.05) is 0 Å². The van der Waals surface area contributed by atoms with Crippen LogP contribution in [0, 0.1) is 0 Å². The van der Waals surface area contributed by atoms with Crippen LogP contribution in [0.3, 0.4) is 0 Å². The van der Waals surface area contributed by atoms with Gasteiger partial charge in [-0.15, -0.1) is 0 Å². The summed E-state index contributed by atoms with van der Waals surface area (Å²) < 4.78 is 2.51. The van der Waals surface area contributed by atoms with Crippen molar-refractivity contribution in [1.82, 2.24) is 4.57 Å². The fraction of sp³-hybridized carbons (Fsp3) is 0.0164. The van der Waals surface area contributed by atoms with Crippen molar-refractivity contribution in [3.8, 4) is 50.2 Å². The van der Waals surface area contributed by atoms with Crippen LogP contribution in [-0.2, 0) is 5.41 Å². The molecule has 1 spiro atoms. The Balaban J connectivity index is 1.05. The summed E-state index contributed by atoms with van der Waals surface area (Å²) in [6, 6.07) is 89.5. The van der Waals surface area contributed by atoms with Gasteiger partial charge < -0.3 is 9.47 Å². The van der Waals surface area contributed by atoms with E-state index in [0.29, 0.717) is 0 Å². The molecule has 1 aromatic heterocycles. The molecule has 0 radical (unpaired) electrons. The number of hydrogen-bond acceptors (Lipinski definition) is 1. The highest BCUT2D eigenvalue weighted by atomic mass is 15.1. The minimum absolute atomic E-state index is 0.513. The number of anilines is 3. The van der Waals surface area contributed by atoms with Gasteiger partial charge in [-0.1, -0.05) is 200 Å². The van der Waals surface area contributed by atoms with Gasteiger partial charge in [0.1, 0.15) is 0 Å². The van der Waals surface area contributed by atoms with Crippen LogP contribution in [0.4, 0.5) is 17.1 Å². The van der Waals surface area contributed by atoms with Gasteiger partial charge in [-0.05, 0) is 104 Å². The van der Waals surface area contributed by atoms with Crippen LogP contribution in [0.1, 0.15) is 22.3 Å². The monoisotopic (exact) mass is 800 g/mol. The van der Waals surface area contributed by atoms with Gasteiger partial charge >= 0.3 is 0 Å². The molecule has 63 heavy (non-hydrogen) atoms. The lowest BCUT2D eigenvalue weighted by Gasteiger charge is -2.39. The first-order valence-electron chi connectivity index (χ1n) is 21.8. The van der Waals surface area contributed by atoms with Gasteiger partial charge in [0.15, 0.2) is 0 Å². The molecule has 0 amide bonds. The summed E-state index contributed by atoms with van der Waals surface area (Å²) in [4.78, 5) is 2.47. The molecule has 1 aliphatic carbocycles. The highest BCUT2D eigenvalue weighted by Gasteiger charge is 2.50. The minimum Gasteiger partial charge on any atom is -0.310 e. The van der Waals surface area contributed by atoms with Crippen LogP contribution >= 0.6 is 0 Å². The second-order valence-electron chi connectivity index (χ2n) is 16.8. The number of rotatable bonds is 6. The lowest BCUT2D eigenvalue weighted by Crippen LogP contribution is -2.33. The molecule has 0 N–H and O–H groups in total. The summed E-state index contributed by atoms with van der Waals surface area (Å²) in [7, 11) is 0. The van der Waals surface area contributed by atoms with Crippen LogP contribution in [0.15, 0.2) is 243 Å². The van der Waals surface area contributed by atoms with Crippen molar-refractivity contribution in [2.24, 2.45) is 0 Å². The van der Waals surface area contributed by atoms with Crippen molar-refractivity contribution < 1.29 is 0 Å². The third-order valence-electron chi connectivity index (χ3n) is 13.6. The zero-order chi connectivity index (χ0) is 41.5. The molecule has 1 unspecified atom stereocenters. The molecule has 294 valence electrons. The van der Waals surface area contributed by atoms with Crippen molar-refractivity contribution >= 4 is 38.9 Å². The summed E-state index contributed by atoms with van der Waals surface area (Å²) in [6.07, 6.45) is 0. The molecular formula is C61H40N2. The van der Waals surface area contributed by atoms with E-state index in [1.54, 1.807) is 0 Å². The van der Waals surface area contributed by atoms with E-state index in [0.717, 1.165) is 17.1 Å². The molecule has 2 nitrogen and oxygen atoms in total. The molecule has 13 rings (SSSR count). The molecule has 0 bridgehead atoms. The smallest absolute Gasteiger partial charge is 0.0754 e. The summed E-state index contributed by atoms with van der Waals surface area (Å²) in [5.74, 6) is 0. The Labute approximate surface area is 367 Å². The van der Waals surface area contributed by atoms with Gasteiger partial charge in [0.25, 0.3) is 0 Å². The lowest BCUT2D eigenvalue weighted by atomic mass is 9.65. The van der Waals surface area contributed by atoms with E-state index in [4.69, 9.17) is 0 Å². The van der Waals surface area contributed by atoms with Crippen LogP contribution in [0.2, 0.25) is 0 Å². The van der Waals surface area contributed by atoms with E-state index in [1.165, 1.54) is 94.3 Å². The highest BCUT2D eigenvalue weighted by molar-refractivity contribution is 6.13. The second kappa shape index (κ2) is 13.9. The molecular weight excluding hydrogens is 761 g/mol. The normalized spacial score (nSPS) is 14.4. The van der Waals surface area contributed by atoms with E-state index in [-0.39, 0.29) is 0 Å². The maximum absolute atomic E-state index is 2.51. The number of nitrogens with zero attached hydrogens (tertiary/aromatic N) is 2. The molecule has 1 aliphatic heterocycles. The van der Waals surface area contributed by atoms with Crippen molar-refractivity contribution in [2.45, 2.75) is 5.41 Å². The second-order valence-corrected chi connectivity index (χ2v) is 16.8. The molecule has 2 heterocycles. The Morgan fingerprint density at radius 3 is 1.70 bits per heavy atom. The average Bonchev–Trinajstić information content (AvgIpc) is 3.85. The van der Waals surface area contributed by atoms with Crippen molar-refractivity contribution in [3.63, 3.8) is 0 Å². The van der Waals surface area contributed by atoms with Crippen molar-refractivity contribution in [3.05, 3.63) is 265 Å². The maximum Gasteiger partial charge on any atom is 0.0754 e. The number of fused-ring (bicyclic) bond motifs is 12. The Bertz CT molecular complexity index is 3560. The summed E-state index contributed by atoms with van der Waals surface area (Å²) in [5.41, 5.74) is 21.5. The van der Waals surface area contributed by atoms with Gasteiger partial charge in [-0.2, -0.15) is 0 Å². The number of para-hydroxylation sites is 4. The topological polar surface area (TPSA) is 8.17 Å². The lowest BCUT2D eigenvalue weighted by molar-refractivity contribution is 0.748. The Hall–Kier alpha value is -8.20. The third-order valence-corrected chi connectivity index (χ3v) is 13.6. The summed E-state index contributed by atoms with van der Waals surface area (Å²) in [5, 5.41) is 2.57. The largest absolute Gasteiger partial charge is 0.310 e. The predicted molar refractivity (Wildman–Crippen MR) is 263 cm³/mol. The zero-order valence-electron chi connectivity index (χ0n) is 34.5. The van der Waals surface area contributed by atoms with E-state index in [2.05, 4.69) is 252 Å². The van der Waals surface area contributed by atoms with Crippen LogP contribution in [-0.4, -0.2) is 4.57 Å². The number of aromatic nitrogens is 1. The maximum atomic E-state index is 2.51. The Kier molecular flexibility index (Phi) is 7.85. The van der Waals surface area contributed by atoms with Gasteiger partial charge in [0.05, 0.1) is 27.8 Å². The SMILES string of the molecule is c1ccc(-c2ccc(-c3ccccc3N(c3cccc(-c4ccccc4)c3)c3ccc4c(c3)-c3ccccc3C43c4ccccc4-n4c5ccccc5c5cccc3c54)cc2)cc1. The molecule has 11 aromatic rings. The fourth-order valence-electron chi connectivity index (χ4n) is 11.0. The number of benzene rings is 10. The van der Waals surface area contributed by atoms with Crippen LogP contribution in [0.25, 0.3) is 72.0 Å². The Morgan fingerprint density at radius 1 is 0.317 bits per heavy atom. The Morgan fingerprint density at radius 2 is 0.873 bits per heavy atom. The van der Waals surface area contributed by atoms with Gasteiger partial charge in [-0.3, -0.25) is 0 Å². The predicted octanol–water partition coefficient (Wildman–Crippen LogP) is 15.9. The molecule has 2 heteroatoms. The van der Waals surface area contributed by atoms with Crippen LogP contribution in [0.5, 0.6) is 0 Å². The van der Waals surface area contributed by atoms with Crippen LogP contribution < -0.4 is 4.90 Å². The minimum atomic E-state index is -0.513. The molecule has 10 aromatic carbocycles. The molecule has 0 saturated carbocycles. The van der Waals surface area contributed by atoms with Gasteiger partial charge in [0.2, 0.25) is 0 Å². The molecule has 0 saturated heterocycles. The standard InChI is InChI=1S/C61H40N2/c1-3-17-41(18-4-1)43-33-35-44(36-34-43)48-23-8-12-30-57(48)62(46-22-15-21-45(39-46)42-19-5-2-6-20-42)47-37-38-54-52(40-47)49-24-7-10-27-53(49)61(54)55-28-11-14-32-59(55)63-58-31-13-9-25-50(58)51-26-16-29-56(61)60(51)63/h1-40H. The molecule has 1 atom stereocenters. The van der Waals surface area contributed by atoms with E-state index >= 15 is 0 Å². The van der Waals surface area contributed by atoms with E-state index in [9.17, 15) is 0 Å². The zero-order valence-corrected chi connectivity index (χ0v) is 34.5. The van der Waals surface area contributed by atoms with Gasteiger partial charge in [0, 0.05) is 27.7 Å². The first-order valence-corrected chi connectivity index (χ1v) is 21.8. The van der Waals surface area contributed by atoms with E-state index < -0.39 is 5.41 Å². The average molecular weight is 801 g/mol. The van der Waals surface area contributed by atoms with Gasteiger partial charge in [-0.25, -0.2) is 0 Å². The van der Waals surface area contributed by atoms with Crippen molar-refractivity contribution in [1.29, 1.82) is 0 Å². The molecule has 2 aliphatic rings. The quantitative estimate of drug-likeness (QED) is 0.163.